The van der Waals surface area contributed by atoms with Crippen molar-refractivity contribution in [3.05, 3.63) is 24.3 Å². The van der Waals surface area contributed by atoms with Gasteiger partial charge in [0, 0.05) is 44.5 Å². The second kappa shape index (κ2) is 7.92. The topological polar surface area (TPSA) is 54.1 Å². The van der Waals surface area contributed by atoms with Crippen LogP contribution in [0, 0.1) is 5.92 Å². The Labute approximate surface area is 133 Å². The molecule has 5 nitrogen and oxygen atoms in total. The van der Waals surface area contributed by atoms with Crippen LogP contribution < -0.4 is 15.4 Å². The highest BCUT2D eigenvalue weighted by Crippen LogP contribution is 2.26. The molecule has 122 valence electrons. The fourth-order valence-electron chi connectivity index (χ4n) is 2.89. The molecular weight excluding hydrogens is 276 g/mol. The summed E-state index contributed by atoms with van der Waals surface area (Å²) in [6, 6.07) is 8.25. The minimum absolute atomic E-state index is 0.570. The Morgan fingerprint density at radius 2 is 2.18 bits per heavy atom. The van der Waals surface area contributed by atoms with Crippen molar-refractivity contribution >= 4 is 11.6 Å². The highest BCUT2D eigenvalue weighted by atomic mass is 16.5. The van der Waals surface area contributed by atoms with Crippen LogP contribution in [0.5, 0.6) is 5.75 Å². The summed E-state index contributed by atoms with van der Waals surface area (Å²) in [6.07, 6.45) is 1.16. The van der Waals surface area contributed by atoms with E-state index in [1.807, 2.05) is 12.1 Å². The number of rotatable bonds is 6. The number of nitrogens with zero attached hydrogens (tertiary/aromatic N) is 3. The Hall–Kier alpha value is -1.91. The second-order valence-corrected chi connectivity index (χ2v) is 5.67. The smallest absolute Gasteiger partial charge is 0.191 e. The molecule has 1 aliphatic rings. The quantitative estimate of drug-likeness (QED) is 0.646. The average Bonchev–Trinajstić information content (AvgIpc) is 3.03. The number of hydrogen-bond donors (Lipinski definition) is 1. The highest BCUT2D eigenvalue weighted by Gasteiger charge is 2.22. The molecule has 2 N–H and O–H groups in total. The fraction of sp³-hybridized carbons (Fsp3) is 0.588. The van der Waals surface area contributed by atoms with E-state index in [9.17, 15) is 0 Å². The van der Waals surface area contributed by atoms with E-state index in [0.717, 1.165) is 44.9 Å². The normalized spacial score (nSPS) is 18.6. The molecule has 0 saturated carbocycles. The molecule has 1 aromatic rings. The van der Waals surface area contributed by atoms with Crippen LogP contribution in [-0.4, -0.2) is 50.7 Å². The first-order valence-corrected chi connectivity index (χ1v) is 8.11. The zero-order valence-corrected chi connectivity index (χ0v) is 14.0. The molecular formula is C17H28N4O. The molecule has 1 heterocycles. The Bertz CT molecular complexity index is 499. The van der Waals surface area contributed by atoms with Gasteiger partial charge in [-0.2, -0.15) is 0 Å². The molecule has 1 saturated heterocycles. The van der Waals surface area contributed by atoms with Crippen LogP contribution in [0.4, 0.5) is 5.69 Å². The lowest BCUT2D eigenvalue weighted by Gasteiger charge is -2.20. The number of methoxy groups -OCH3 is 1. The van der Waals surface area contributed by atoms with Gasteiger partial charge in [0.25, 0.3) is 0 Å². The van der Waals surface area contributed by atoms with Gasteiger partial charge in [-0.1, -0.05) is 6.07 Å². The summed E-state index contributed by atoms with van der Waals surface area (Å²) in [5.74, 6) is 2.15. The van der Waals surface area contributed by atoms with Crippen LogP contribution in [0.3, 0.4) is 0 Å². The average molecular weight is 304 g/mol. The zero-order valence-electron chi connectivity index (χ0n) is 14.0. The minimum Gasteiger partial charge on any atom is -0.497 e. The summed E-state index contributed by atoms with van der Waals surface area (Å²) < 4.78 is 5.30. The van der Waals surface area contributed by atoms with Crippen molar-refractivity contribution in [1.29, 1.82) is 0 Å². The van der Waals surface area contributed by atoms with E-state index in [0.29, 0.717) is 11.9 Å². The summed E-state index contributed by atoms with van der Waals surface area (Å²) in [6.45, 7) is 8.93. The SMILES string of the molecule is CCN(CC)C(N)=NCC1CCN(c2cccc(OC)c2)C1. The molecule has 1 aliphatic heterocycles. The maximum Gasteiger partial charge on any atom is 0.191 e. The predicted octanol–water partition coefficient (Wildman–Crippen LogP) is 2.18. The summed E-state index contributed by atoms with van der Waals surface area (Å²) in [4.78, 5) is 9.07. The van der Waals surface area contributed by atoms with Crippen LogP contribution in [0.15, 0.2) is 29.3 Å². The Morgan fingerprint density at radius 1 is 1.41 bits per heavy atom. The first kappa shape index (κ1) is 16.5. The van der Waals surface area contributed by atoms with E-state index in [4.69, 9.17) is 10.5 Å². The Morgan fingerprint density at radius 3 is 2.86 bits per heavy atom. The highest BCUT2D eigenvalue weighted by molar-refractivity contribution is 5.78. The van der Waals surface area contributed by atoms with Crippen LogP contribution in [-0.2, 0) is 0 Å². The third kappa shape index (κ3) is 4.06. The van der Waals surface area contributed by atoms with Crippen molar-refractivity contribution < 1.29 is 4.74 Å². The molecule has 1 atom stereocenters. The van der Waals surface area contributed by atoms with E-state index in [1.54, 1.807) is 7.11 Å². The van der Waals surface area contributed by atoms with Gasteiger partial charge in [0.2, 0.25) is 0 Å². The van der Waals surface area contributed by atoms with Gasteiger partial charge in [0.1, 0.15) is 5.75 Å². The lowest BCUT2D eigenvalue weighted by atomic mass is 10.1. The number of guanidine groups is 1. The molecule has 2 rings (SSSR count). The molecule has 0 aliphatic carbocycles. The first-order chi connectivity index (χ1) is 10.7. The summed E-state index contributed by atoms with van der Waals surface area (Å²) in [7, 11) is 1.70. The zero-order chi connectivity index (χ0) is 15.9. The summed E-state index contributed by atoms with van der Waals surface area (Å²) >= 11 is 0. The van der Waals surface area contributed by atoms with Crippen molar-refractivity contribution in [3.63, 3.8) is 0 Å². The number of hydrogen-bond acceptors (Lipinski definition) is 3. The van der Waals surface area contributed by atoms with Crippen LogP contribution in [0.25, 0.3) is 0 Å². The maximum atomic E-state index is 6.05. The molecule has 0 aromatic heterocycles. The number of anilines is 1. The molecule has 0 spiro atoms. The Balaban J connectivity index is 1.91. The number of ether oxygens (including phenoxy) is 1. The van der Waals surface area contributed by atoms with Gasteiger partial charge >= 0.3 is 0 Å². The van der Waals surface area contributed by atoms with Gasteiger partial charge in [-0.05, 0) is 38.3 Å². The summed E-state index contributed by atoms with van der Waals surface area (Å²) in [5.41, 5.74) is 7.27. The molecule has 0 amide bonds. The van der Waals surface area contributed by atoms with Crippen molar-refractivity contribution in [3.8, 4) is 5.75 Å². The second-order valence-electron chi connectivity index (χ2n) is 5.67. The van der Waals surface area contributed by atoms with Gasteiger partial charge in [-0.3, -0.25) is 4.99 Å². The van der Waals surface area contributed by atoms with Gasteiger partial charge in [-0.15, -0.1) is 0 Å². The molecule has 1 aromatic carbocycles. The largest absolute Gasteiger partial charge is 0.497 e. The number of aliphatic imine (C=N–C) groups is 1. The van der Waals surface area contributed by atoms with Crippen molar-refractivity contribution in [2.75, 3.05) is 44.7 Å². The van der Waals surface area contributed by atoms with Gasteiger partial charge in [0.15, 0.2) is 5.96 Å². The van der Waals surface area contributed by atoms with Crippen LogP contribution in [0.1, 0.15) is 20.3 Å². The number of benzene rings is 1. The van der Waals surface area contributed by atoms with Crippen molar-refractivity contribution in [1.82, 2.24) is 4.90 Å². The fourth-order valence-corrected chi connectivity index (χ4v) is 2.89. The molecule has 1 fully saturated rings. The maximum absolute atomic E-state index is 6.05. The van der Waals surface area contributed by atoms with E-state index >= 15 is 0 Å². The lowest BCUT2D eigenvalue weighted by molar-refractivity contribution is 0.415. The van der Waals surface area contributed by atoms with Crippen LogP contribution >= 0.6 is 0 Å². The standard InChI is InChI=1S/C17H28N4O/c1-4-20(5-2)17(18)19-12-14-9-10-21(13-14)15-7-6-8-16(11-15)22-3/h6-8,11,14H,4-5,9-10,12-13H2,1-3H3,(H2,18,19). The van der Waals surface area contributed by atoms with Crippen molar-refractivity contribution in [2.45, 2.75) is 20.3 Å². The summed E-state index contributed by atoms with van der Waals surface area (Å²) in [5, 5.41) is 0. The van der Waals surface area contributed by atoms with E-state index in [1.165, 1.54) is 5.69 Å². The van der Waals surface area contributed by atoms with Crippen molar-refractivity contribution in [2.24, 2.45) is 16.6 Å². The van der Waals surface area contributed by atoms with Gasteiger partial charge < -0.3 is 20.3 Å². The first-order valence-electron chi connectivity index (χ1n) is 8.11. The van der Waals surface area contributed by atoms with E-state index < -0.39 is 0 Å². The van der Waals surface area contributed by atoms with Gasteiger partial charge in [-0.25, -0.2) is 0 Å². The van der Waals surface area contributed by atoms with Crippen LogP contribution in [0.2, 0.25) is 0 Å². The molecule has 1 unspecified atom stereocenters. The monoisotopic (exact) mass is 304 g/mol. The number of nitrogens with two attached hydrogens (primary N) is 1. The molecule has 0 radical (unpaired) electrons. The van der Waals surface area contributed by atoms with E-state index in [2.05, 4.69) is 40.8 Å². The van der Waals surface area contributed by atoms with E-state index in [-0.39, 0.29) is 0 Å². The third-order valence-corrected chi connectivity index (χ3v) is 4.30. The van der Waals surface area contributed by atoms with Gasteiger partial charge in [0.05, 0.1) is 7.11 Å². The molecule has 22 heavy (non-hydrogen) atoms. The predicted molar refractivity (Wildman–Crippen MR) is 92.7 cm³/mol. The lowest BCUT2D eigenvalue weighted by Crippen LogP contribution is -2.37. The Kier molecular flexibility index (Phi) is 5.92. The molecule has 5 heteroatoms. The third-order valence-electron chi connectivity index (χ3n) is 4.30. The minimum atomic E-state index is 0.570. The molecule has 0 bridgehead atoms.